The number of alkyl halides is 1. The number of ether oxygens (including phenoxy) is 1. The van der Waals surface area contributed by atoms with Gasteiger partial charge < -0.3 is 10.1 Å². The minimum absolute atomic E-state index is 0.0881. The fourth-order valence-electron chi connectivity index (χ4n) is 1.23. The minimum Gasteiger partial charge on any atom is -0.474 e. The maximum Gasteiger partial charge on any atom is 0.234 e. The lowest BCUT2D eigenvalue weighted by Gasteiger charge is -2.27. The van der Waals surface area contributed by atoms with Crippen LogP contribution >= 0.6 is 11.6 Å². The lowest BCUT2D eigenvalue weighted by molar-refractivity contribution is 0.232. The summed E-state index contributed by atoms with van der Waals surface area (Å²) in [5.74, 6) is 1.73. The predicted octanol–water partition coefficient (Wildman–Crippen LogP) is 3.08. The number of halogens is 1. The Morgan fingerprint density at radius 1 is 1.47 bits per heavy atom. The third-order valence-corrected chi connectivity index (χ3v) is 3.06. The van der Waals surface area contributed by atoms with Crippen molar-refractivity contribution in [1.29, 1.82) is 0 Å². The summed E-state index contributed by atoms with van der Waals surface area (Å²) in [6.45, 7) is 8.04. The molecule has 1 aromatic rings. The standard InChI is InChI=1S/C12H20ClN3O/c1-5-12(4,8-13)16-10-6-14-7-11(15-10)17-9(2)3/h6-7,9H,5,8H2,1-4H3,(H,15,16). The average molecular weight is 258 g/mol. The Bertz CT molecular complexity index is 353. The molecule has 0 aromatic carbocycles. The van der Waals surface area contributed by atoms with Gasteiger partial charge in [0.2, 0.25) is 5.88 Å². The highest BCUT2D eigenvalue weighted by molar-refractivity contribution is 6.18. The minimum atomic E-state index is -0.174. The molecular formula is C12H20ClN3O. The quantitative estimate of drug-likeness (QED) is 0.796. The number of nitrogens with one attached hydrogen (secondary N) is 1. The van der Waals surface area contributed by atoms with Crippen molar-refractivity contribution in [1.82, 2.24) is 9.97 Å². The first-order valence-corrected chi connectivity index (χ1v) is 6.35. The third-order valence-electron chi connectivity index (χ3n) is 2.47. The van der Waals surface area contributed by atoms with Crippen LogP contribution in [-0.4, -0.2) is 27.5 Å². The summed E-state index contributed by atoms with van der Waals surface area (Å²) in [5.41, 5.74) is -0.174. The highest BCUT2D eigenvalue weighted by Gasteiger charge is 2.21. The first kappa shape index (κ1) is 14.0. The van der Waals surface area contributed by atoms with E-state index in [4.69, 9.17) is 16.3 Å². The zero-order valence-electron chi connectivity index (χ0n) is 10.8. The van der Waals surface area contributed by atoms with Gasteiger partial charge in [-0.15, -0.1) is 11.6 Å². The van der Waals surface area contributed by atoms with E-state index in [0.717, 1.165) is 6.42 Å². The van der Waals surface area contributed by atoms with Crippen LogP contribution in [0, 0.1) is 0 Å². The van der Waals surface area contributed by atoms with Crippen molar-refractivity contribution >= 4 is 17.4 Å². The SMILES string of the molecule is CCC(C)(CCl)Nc1cncc(OC(C)C)n1. The van der Waals surface area contributed by atoms with Crippen LogP contribution in [-0.2, 0) is 0 Å². The monoisotopic (exact) mass is 257 g/mol. The summed E-state index contributed by atoms with van der Waals surface area (Å²) < 4.78 is 5.49. The second-order valence-electron chi connectivity index (χ2n) is 4.58. The van der Waals surface area contributed by atoms with Gasteiger partial charge in [0.05, 0.1) is 18.5 Å². The van der Waals surface area contributed by atoms with Gasteiger partial charge in [0.25, 0.3) is 0 Å². The summed E-state index contributed by atoms with van der Waals surface area (Å²) >= 11 is 5.94. The molecule has 1 unspecified atom stereocenters. The lowest BCUT2D eigenvalue weighted by atomic mass is 10.0. The number of nitrogens with zero attached hydrogens (tertiary/aromatic N) is 2. The Kier molecular flexibility index (Phi) is 5.00. The molecule has 0 bridgehead atoms. The van der Waals surface area contributed by atoms with Crippen molar-refractivity contribution in [3.63, 3.8) is 0 Å². The van der Waals surface area contributed by atoms with Gasteiger partial charge in [-0.25, -0.2) is 0 Å². The van der Waals surface area contributed by atoms with Gasteiger partial charge in [-0.05, 0) is 27.2 Å². The van der Waals surface area contributed by atoms with E-state index in [-0.39, 0.29) is 11.6 Å². The van der Waals surface area contributed by atoms with Crippen LogP contribution in [0.25, 0.3) is 0 Å². The van der Waals surface area contributed by atoms with E-state index in [0.29, 0.717) is 17.6 Å². The molecule has 1 rings (SSSR count). The van der Waals surface area contributed by atoms with Crippen LogP contribution in [0.2, 0.25) is 0 Å². The van der Waals surface area contributed by atoms with Gasteiger partial charge in [0, 0.05) is 11.4 Å². The molecule has 1 atom stereocenters. The van der Waals surface area contributed by atoms with E-state index in [1.54, 1.807) is 12.4 Å². The molecule has 1 N–H and O–H groups in total. The van der Waals surface area contributed by atoms with Gasteiger partial charge in [0.1, 0.15) is 5.82 Å². The molecule has 0 fully saturated rings. The van der Waals surface area contributed by atoms with E-state index in [1.165, 1.54) is 0 Å². The highest BCUT2D eigenvalue weighted by Crippen LogP contribution is 2.19. The fourth-order valence-corrected chi connectivity index (χ4v) is 1.49. The van der Waals surface area contributed by atoms with Crippen LogP contribution in [0.4, 0.5) is 5.82 Å². The summed E-state index contributed by atoms with van der Waals surface area (Å²) in [7, 11) is 0. The molecule has 0 saturated heterocycles. The van der Waals surface area contributed by atoms with Crippen LogP contribution in [0.5, 0.6) is 5.88 Å². The molecule has 0 amide bonds. The largest absolute Gasteiger partial charge is 0.474 e. The normalized spacial score (nSPS) is 14.5. The molecular weight excluding hydrogens is 238 g/mol. The molecule has 1 heterocycles. The van der Waals surface area contributed by atoms with E-state index >= 15 is 0 Å². The number of anilines is 1. The molecule has 0 saturated carbocycles. The van der Waals surface area contributed by atoms with E-state index < -0.39 is 0 Å². The molecule has 0 radical (unpaired) electrons. The summed E-state index contributed by atoms with van der Waals surface area (Å²) in [4.78, 5) is 8.44. The Balaban J connectivity index is 2.78. The number of rotatable bonds is 6. The molecule has 0 aliphatic carbocycles. The van der Waals surface area contributed by atoms with Crippen molar-refractivity contribution in [3.05, 3.63) is 12.4 Å². The number of aromatic nitrogens is 2. The molecule has 96 valence electrons. The van der Waals surface area contributed by atoms with Crippen molar-refractivity contribution in [2.75, 3.05) is 11.2 Å². The van der Waals surface area contributed by atoms with Crippen molar-refractivity contribution in [2.24, 2.45) is 0 Å². The van der Waals surface area contributed by atoms with Gasteiger partial charge in [-0.1, -0.05) is 6.92 Å². The van der Waals surface area contributed by atoms with E-state index in [2.05, 4.69) is 29.1 Å². The Hall–Kier alpha value is -1.03. The van der Waals surface area contributed by atoms with Crippen LogP contribution in [0.15, 0.2) is 12.4 Å². The Morgan fingerprint density at radius 3 is 2.71 bits per heavy atom. The van der Waals surface area contributed by atoms with Crippen molar-refractivity contribution in [3.8, 4) is 5.88 Å². The number of hydrogen-bond donors (Lipinski definition) is 1. The highest BCUT2D eigenvalue weighted by atomic mass is 35.5. The zero-order valence-corrected chi connectivity index (χ0v) is 11.6. The second-order valence-corrected chi connectivity index (χ2v) is 4.85. The van der Waals surface area contributed by atoms with Crippen LogP contribution < -0.4 is 10.1 Å². The zero-order chi connectivity index (χ0) is 12.9. The molecule has 17 heavy (non-hydrogen) atoms. The Morgan fingerprint density at radius 2 is 2.18 bits per heavy atom. The topological polar surface area (TPSA) is 47.0 Å². The summed E-state index contributed by atoms with van der Waals surface area (Å²) in [6, 6.07) is 0. The first-order chi connectivity index (χ1) is 7.99. The molecule has 1 aromatic heterocycles. The molecule has 0 aliphatic heterocycles. The Labute approximate surface area is 108 Å². The van der Waals surface area contributed by atoms with Gasteiger partial charge in [-0.3, -0.25) is 4.98 Å². The average Bonchev–Trinajstić information content (AvgIpc) is 2.28. The second kappa shape index (κ2) is 6.05. The van der Waals surface area contributed by atoms with Gasteiger partial charge >= 0.3 is 0 Å². The summed E-state index contributed by atoms with van der Waals surface area (Å²) in [6.07, 6.45) is 4.28. The van der Waals surface area contributed by atoms with E-state index in [9.17, 15) is 0 Å². The van der Waals surface area contributed by atoms with Crippen LogP contribution in [0.1, 0.15) is 34.1 Å². The van der Waals surface area contributed by atoms with Crippen LogP contribution in [0.3, 0.4) is 0 Å². The lowest BCUT2D eigenvalue weighted by Crippen LogP contribution is -2.36. The van der Waals surface area contributed by atoms with Gasteiger partial charge in [-0.2, -0.15) is 4.98 Å². The smallest absolute Gasteiger partial charge is 0.234 e. The third kappa shape index (κ3) is 4.38. The number of hydrogen-bond acceptors (Lipinski definition) is 4. The maximum atomic E-state index is 5.94. The molecule has 0 spiro atoms. The van der Waals surface area contributed by atoms with Gasteiger partial charge in [0.15, 0.2) is 0 Å². The van der Waals surface area contributed by atoms with E-state index in [1.807, 2.05) is 13.8 Å². The molecule has 4 nitrogen and oxygen atoms in total. The molecule has 0 aliphatic rings. The molecule has 5 heteroatoms. The first-order valence-electron chi connectivity index (χ1n) is 5.82. The fraction of sp³-hybridized carbons (Fsp3) is 0.667. The van der Waals surface area contributed by atoms with Crippen molar-refractivity contribution in [2.45, 2.75) is 45.8 Å². The predicted molar refractivity (Wildman–Crippen MR) is 70.8 cm³/mol. The maximum absolute atomic E-state index is 5.94. The van der Waals surface area contributed by atoms with Crippen molar-refractivity contribution < 1.29 is 4.74 Å². The summed E-state index contributed by atoms with van der Waals surface area (Å²) in [5, 5.41) is 3.28.